The summed E-state index contributed by atoms with van der Waals surface area (Å²) in [6.07, 6.45) is -1.04. The van der Waals surface area contributed by atoms with E-state index in [1.165, 1.54) is 31.2 Å². The Kier molecular flexibility index (Phi) is 5.12. The first kappa shape index (κ1) is 18.1. The van der Waals surface area contributed by atoms with E-state index >= 15 is 0 Å². The van der Waals surface area contributed by atoms with Crippen LogP contribution in [0.5, 0.6) is 0 Å². The zero-order chi connectivity index (χ0) is 19.4. The van der Waals surface area contributed by atoms with Crippen LogP contribution in [-0.2, 0) is 9.53 Å². The Morgan fingerprint density at radius 2 is 1.67 bits per heavy atom. The molecule has 0 bridgehead atoms. The number of esters is 1. The number of fused-ring (bicyclic) bond motifs is 1. The van der Waals surface area contributed by atoms with Crippen LogP contribution in [-0.4, -0.2) is 22.9 Å². The summed E-state index contributed by atoms with van der Waals surface area (Å²) in [6, 6.07) is 18.1. The molecule has 0 aliphatic heterocycles. The van der Waals surface area contributed by atoms with Gasteiger partial charge in [0.25, 0.3) is 11.6 Å². The van der Waals surface area contributed by atoms with Crippen molar-refractivity contribution in [1.82, 2.24) is 0 Å². The molecule has 1 atom stereocenters. The number of rotatable bonds is 5. The second-order valence-electron chi connectivity index (χ2n) is 5.87. The highest BCUT2D eigenvalue weighted by molar-refractivity contribution is 6.04. The molecule has 0 fully saturated rings. The minimum Gasteiger partial charge on any atom is -0.449 e. The first-order chi connectivity index (χ1) is 13.0. The first-order valence-electron chi connectivity index (χ1n) is 8.20. The third-order valence-corrected chi connectivity index (χ3v) is 4.01. The number of amides is 1. The predicted molar refractivity (Wildman–Crippen MR) is 101 cm³/mol. The number of nitro groups is 1. The summed E-state index contributed by atoms with van der Waals surface area (Å²) in [7, 11) is 0. The number of carbonyl (C=O) groups is 2. The van der Waals surface area contributed by atoms with Crippen LogP contribution in [0.15, 0.2) is 66.7 Å². The van der Waals surface area contributed by atoms with Crippen molar-refractivity contribution in [2.75, 3.05) is 5.32 Å². The number of hydrogen-bond donors (Lipinski definition) is 1. The smallest absolute Gasteiger partial charge is 0.338 e. The maximum Gasteiger partial charge on any atom is 0.338 e. The monoisotopic (exact) mass is 364 g/mol. The molecular formula is C20H16N2O5. The molecule has 27 heavy (non-hydrogen) atoms. The average molecular weight is 364 g/mol. The summed E-state index contributed by atoms with van der Waals surface area (Å²) in [5.41, 5.74) is 0.620. The minimum absolute atomic E-state index is 0.130. The molecule has 7 heteroatoms. The lowest BCUT2D eigenvalue weighted by Crippen LogP contribution is -2.30. The molecule has 0 unspecified atom stereocenters. The fraction of sp³-hybridized carbons (Fsp3) is 0.100. The summed E-state index contributed by atoms with van der Waals surface area (Å²) in [6.45, 7) is 1.46. The number of benzene rings is 3. The molecule has 136 valence electrons. The summed E-state index contributed by atoms with van der Waals surface area (Å²) in [5.74, 6) is -1.20. The van der Waals surface area contributed by atoms with Crippen LogP contribution in [0.1, 0.15) is 17.3 Å². The zero-order valence-corrected chi connectivity index (χ0v) is 14.4. The Morgan fingerprint density at radius 1 is 1.00 bits per heavy atom. The molecule has 0 saturated carbocycles. The highest BCUT2D eigenvalue weighted by Gasteiger charge is 2.20. The number of ether oxygens (including phenoxy) is 1. The molecular weight excluding hydrogens is 348 g/mol. The Bertz CT molecular complexity index is 1010. The number of nitrogens with zero attached hydrogens (tertiary/aromatic N) is 1. The average Bonchev–Trinajstić information content (AvgIpc) is 2.68. The van der Waals surface area contributed by atoms with Gasteiger partial charge < -0.3 is 10.1 Å². The summed E-state index contributed by atoms with van der Waals surface area (Å²) in [5, 5.41) is 15.3. The Labute approximate surface area is 154 Å². The normalized spacial score (nSPS) is 11.6. The fourth-order valence-corrected chi connectivity index (χ4v) is 2.57. The fourth-order valence-electron chi connectivity index (χ4n) is 2.57. The van der Waals surface area contributed by atoms with E-state index in [0.717, 1.165) is 10.8 Å². The minimum atomic E-state index is -1.04. The van der Waals surface area contributed by atoms with Crippen molar-refractivity contribution in [3.63, 3.8) is 0 Å². The second-order valence-corrected chi connectivity index (χ2v) is 5.87. The van der Waals surface area contributed by atoms with Crippen LogP contribution in [0.4, 0.5) is 11.4 Å². The van der Waals surface area contributed by atoms with Crippen LogP contribution in [0, 0.1) is 10.1 Å². The van der Waals surface area contributed by atoms with Crippen molar-refractivity contribution in [1.29, 1.82) is 0 Å². The molecule has 0 radical (unpaired) electrons. The highest BCUT2D eigenvalue weighted by Crippen LogP contribution is 2.23. The van der Waals surface area contributed by atoms with Gasteiger partial charge in [0.15, 0.2) is 6.10 Å². The first-order valence-corrected chi connectivity index (χ1v) is 8.20. The zero-order valence-electron chi connectivity index (χ0n) is 14.4. The molecule has 1 amide bonds. The van der Waals surface area contributed by atoms with Gasteiger partial charge in [0, 0.05) is 23.2 Å². The van der Waals surface area contributed by atoms with Gasteiger partial charge in [0.05, 0.1) is 10.5 Å². The van der Waals surface area contributed by atoms with Gasteiger partial charge in [0.1, 0.15) is 0 Å². The Hall–Kier alpha value is -3.74. The number of nitrogens with one attached hydrogen (secondary N) is 1. The van der Waals surface area contributed by atoms with Gasteiger partial charge in [-0.1, -0.05) is 36.4 Å². The van der Waals surface area contributed by atoms with Crippen molar-refractivity contribution in [2.45, 2.75) is 13.0 Å². The molecule has 0 saturated heterocycles. The van der Waals surface area contributed by atoms with Gasteiger partial charge in [-0.2, -0.15) is 0 Å². The number of hydrogen-bond acceptors (Lipinski definition) is 5. The van der Waals surface area contributed by atoms with Crippen molar-refractivity contribution in [3.05, 3.63) is 82.4 Å². The van der Waals surface area contributed by atoms with Crippen molar-refractivity contribution >= 4 is 34.0 Å². The molecule has 7 nitrogen and oxygen atoms in total. The van der Waals surface area contributed by atoms with E-state index in [0.29, 0.717) is 5.69 Å². The van der Waals surface area contributed by atoms with E-state index in [-0.39, 0.29) is 11.3 Å². The molecule has 0 aromatic heterocycles. The van der Waals surface area contributed by atoms with Gasteiger partial charge >= 0.3 is 5.97 Å². The van der Waals surface area contributed by atoms with E-state index in [1.54, 1.807) is 6.07 Å². The summed E-state index contributed by atoms with van der Waals surface area (Å²) < 4.78 is 5.16. The van der Waals surface area contributed by atoms with Crippen LogP contribution >= 0.6 is 0 Å². The van der Waals surface area contributed by atoms with E-state index in [4.69, 9.17) is 4.74 Å². The third-order valence-electron chi connectivity index (χ3n) is 4.01. The molecule has 0 spiro atoms. The molecule has 1 N–H and O–H groups in total. The predicted octanol–water partition coefficient (Wildman–Crippen LogP) is 3.93. The third kappa shape index (κ3) is 4.09. The van der Waals surface area contributed by atoms with Crippen LogP contribution in [0.2, 0.25) is 0 Å². The lowest BCUT2D eigenvalue weighted by molar-refractivity contribution is -0.384. The number of nitro benzene ring substituents is 1. The van der Waals surface area contributed by atoms with E-state index < -0.39 is 22.9 Å². The number of carbonyl (C=O) groups excluding carboxylic acids is 2. The SMILES string of the molecule is C[C@@H](OC(=O)c1ccc([N+](=O)[O-])cc1)C(=O)Nc1cccc2ccccc12. The quantitative estimate of drug-likeness (QED) is 0.420. The number of anilines is 1. The molecule has 0 heterocycles. The van der Waals surface area contributed by atoms with Crippen LogP contribution in [0.25, 0.3) is 10.8 Å². The largest absolute Gasteiger partial charge is 0.449 e. The van der Waals surface area contributed by atoms with Crippen molar-refractivity contribution in [3.8, 4) is 0 Å². The Morgan fingerprint density at radius 3 is 2.37 bits per heavy atom. The van der Waals surface area contributed by atoms with Gasteiger partial charge in [-0.25, -0.2) is 4.79 Å². The van der Waals surface area contributed by atoms with Gasteiger partial charge in [0.2, 0.25) is 0 Å². The lowest BCUT2D eigenvalue weighted by atomic mass is 10.1. The van der Waals surface area contributed by atoms with E-state index in [1.807, 2.05) is 36.4 Å². The summed E-state index contributed by atoms with van der Waals surface area (Å²) >= 11 is 0. The van der Waals surface area contributed by atoms with E-state index in [9.17, 15) is 19.7 Å². The van der Waals surface area contributed by atoms with Crippen LogP contribution < -0.4 is 5.32 Å². The van der Waals surface area contributed by atoms with Gasteiger partial charge in [-0.05, 0) is 30.5 Å². The molecule has 3 aromatic rings. The highest BCUT2D eigenvalue weighted by atomic mass is 16.6. The molecule has 0 aliphatic carbocycles. The van der Waals surface area contributed by atoms with E-state index in [2.05, 4.69) is 5.32 Å². The molecule has 3 aromatic carbocycles. The van der Waals surface area contributed by atoms with Crippen molar-refractivity contribution in [2.24, 2.45) is 0 Å². The van der Waals surface area contributed by atoms with Crippen molar-refractivity contribution < 1.29 is 19.2 Å². The second kappa shape index (κ2) is 7.65. The maximum absolute atomic E-state index is 12.4. The molecule has 0 aliphatic rings. The Balaban J connectivity index is 1.68. The van der Waals surface area contributed by atoms with Gasteiger partial charge in [-0.3, -0.25) is 14.9 Å². The van der Waals surface area contributed by atoms with Gasteiger partial charge in [-0.15, -0.1) is 0 Å². The standard InChI is InChI=1S/C20H16N2O5/c1-13(27-20(24)15-9-11-16(12-10-15)22(25)26)19(23)21-18-8-4-6-14-5-2-3-7-17(14)18/h2-13H,1H3,(H,21,23)/t13-/m1/s1. The molecule has 3 rings (SSSR count). The maximum atomic E-state index is 12.4. The lowest BCUT2D eigenvalue weighted by Gasteiger charge is -2.14. The number of non-ortho nitro benzene ring substituents is 1. The summed E-state index contributed by atoms with van der Waals surface area (Å²) in [4.78, 5) is 34.6. The van der Waals surface area contributed by atoms with Crippen LogP contribution in [0.3, 0.4) is 0 Å². The topological polar surface area (TPSA) is 98.5 Å².